The van der Waals surface area contributed by atoms with Crippen molar-refractivity contribution in [3.8, 4) is 17.0 Å². The molecule has 30 heavy (non-hydrogen) atoms. The van der Waals surface area contributed by atoms with E-state index in [2.05, 4.69) is 9.17 Å². The molecule has 4 nitrogen and oxygen atoms in total. The quantitative estimate of drug-likeness (QED) is 0.434. The third-order valence-corrected chi connectivity index (χ3v) is 4.93. The molecule has 0 aliphatic rings. The van der Waals surface area contributed by atoms with Crippen molar-refractivity contribution in [1.29, 1.82) is 0 Å². The minimum absolute atomic E-state index is 0.0581. The Hall–Kier alpha value is -2.51. The molecule has 0 saturated carbocycles. The van der Waals surface area contributed by atoms with Crippen LogP contribution in [-0.4, -0.2) is 36.7 Å². The molecule has 0 bridgehead atoms. The molecule has 1 heterocycles. The van der Waals surface area contributed by atoms with Crippen molar-refractivity contribution in [3.63, 3.8) is 0 Å². The third-order valence-electron chi connectivity index (χ3n) is 3.63. The zero-order valence-electron chi connectivity index (χ0n) is 14.5. The van der Waals surface area contributed by atoms with Crippen LogP contribution in [0.3, 0.4) is 0 Å². The number of nitrogens with zero attached hydrogens (tertiary/aromatic N) is 1. The van der Waals surface area contributed by atoms with Gasteiger partial charge in [0.15, 0.2) is 0 Å². The van der Waals surface area contributed by atoms with E-state index in [9.17, 15) is 47.9 Å². The lowest BCUT2D eigenvalue weighted by Gasteiger charge is -2.32. The van der Waals surface area contributed by atoms with Gasteiger partial charge in [-0.2, -0.15) is 47.9 Å². The summed E-state index contributed by atoms with van der Waals surface area (Å²) in [5.41, 5.74) is 0.179. The van der Waals surface area contributed by atoms with E-state index < -0.39 is 39.1 Å². The van der Waals surface area contributed by atoms with Crippen molar-refractivity contribution < 1.29 is 52.1 Å². The number of aryl methyl sites for hydroxylation is 1. The van der Waals surface area contributed by atoms with Crippen molar-refractivity contribution in [2.24, 2.45) is 0 Å². The van der Waals surface area contributed by atoms with Gasteiger partial charge < -0.3 is 4.18 Å². The van der Waals surface area contributed by atoms with Crippen LogP contribution in [0.2, 0.25) is 0 Å². The van der Waals surface area contributed by atoms with E-state index in [1.165, 1.54) is 31.2 Å². The largest absolute Gasteiger partial charge is 0.460 e. The molecule has 0 spiro atoms. The zero-order valence-corrected chi connectivity index (χ0v) is 15.3. The van der Waals surface area contributed by atoms with Gasteiger partial charge in [0.2, 0.25) is 0 Å². The summed E-state index contributed by atoms with van der Waals surface area (Å²) in [5, 5.41) is -6.94. The van der Waals surface area contributed by atoms with Crippen LogP contribution in [0.4, 0.5) is 39.5 Å². The van der Waals surface area contributed by atoms with Gasteiger partial charge in [-0.25, -0.2) is 0 Å². The molecule has 166 valence electrons. The number of aromatic nitrogens is 1. The monoisotopic (exact) mass is 467 g/mol. The lowest BCUT2D eigenvalue weighted by atomic mass is 10.1. The summed E-state index contributed by atoms with van der Waals surface area (Å²) in [6.07, 6.45) is -7.16. The second-order valence-corrected chi connectivity index (χ2v) is 7.48. The molecule has 1 aromatic carbocycles. The molecule has 14 heteroatoms. The number of hydrogen-bond donors (Lipinski definition) is 0. The first-order valence-electron chi connectivity index (χ1n) is 7.62. The fraction of sp³-hybridized carbons (Fsp3) is 0.312. The van der Waals surface area contributed by atoms with Crippen molar-refractivity contribution in [3.05, 3.63) is 48.2 Å². The zero-order chi connectivity index (χ0) is 23.2. The van der Waals surface area contributed by atoms with Gasteiger partial charge in [0.1, 0.15) is 5.75 Å². The predicted octanol–water partition coefficient (Wildman–Crippen LogP) is 5.19. The average Bonchev–Trinajstić information content (AvgIpc) is 2.60. The van der Waals surface area contributed by atoms with Crippen LogP contribution in [0.25, 0.3) is 11.3 Å². The molecular weight excluding hydrogens is 457 g/mol. The van der Waals surface area contributed by atoms with Gasteiger partial charge in [0, 0.05) is 23.4 Å². The van der Waals surface area contributed by atoms with E-state index in [0.717, 1.165) is 0 Å². The maximum atomic E-state index is 13.8. The van der Waals surface area contributed by atoms with Gasteiger partial charge in [-0.15, -0.1) is 0 Å². The Morgan fingerprint density at radius 3 is 1.87 bits per heavy atom. The molecular formula is C16H10F9NO3S. The normalized spacial score (nSPS) is 13.9. The lowest BCUT2D eigenvalue weighted by Crippen LogP contribution is -2.63. The van der Waals surface area contributed by atoms with Gasteiger partial charge in [0.25, 0.3) is 0 Å². The second kappa shape index (κ2) is 7.32. The summed E-state index contributed by atoms with van der Waals surface area (Å²) < 4.78 is 144. The Morgan fingerprint density at radius 1 is 0.833 bits per heavy atom. The van der Waals surface area contributed by atoms with Gasteiger partial charge in [0.05, 0.1) is 5.69 Å². The maximum absolute atomic E-state index is 13.8. The average molecular weight is 467 g/mol. The van der Waals surface area contributed by atoms with Crippen LogP contribution in [0, 0.1) is 6.92 Å². The number of rotatable bonds is 6. The van der Waals surface area contributed by atoms with E-state index in [0.29, 0.717) is 17.7 Å². The number of hydrogen-bond acceptors (Lipinski definition) is 4. The molecule has 0 radical (unpaired) electrons. The van der Waals surface area contributed by atoms with E-state index in [4.69, 9.17) is 0 Å². The summed E-state index contributed by atoms with van der Waals surface area (Å²) in [4.78, 5) is 3.94. The molecule has 0 aliphatic heterocycles. The highest BCUT2D eigenvalue weighted by atomic mass is 32.2. The van der Waals surface area contributed by atoms with Crippen molar-refractivity contribution in [1.82, 2.24) is 4.98 Å². The van der Waals surface area contributed by atoms with Crippen molar-refractivity contribution in [2.75, 3.05) is 0 Å². The predicted molar refractivity (Wildman–Crippen MR) is 84.9 cm³/mol. The first kappa shape index (κ1) is 23.8. The number of benzene rings is 1. The number of pyridine rings is 1. The van der Waals surface area contributed by atoms with Gasteiger partial charge >= 0.3 is 33.4 Å². The van der Waals surface area contributed by atoms with Crippen LogP contribution in [0.5, 0.6) is 5.75 Å². The molecule has 0 saturated heterocycles. The smallest absolute Gasteiger partial charge is 0.378 e. The highest BCUT2D eigenvalue weighted by Gasteiger charge is 2.86. The number of alkyl halides is 9. The van der Waals surface area contributed by atoms with Crippen molar-refractivity contribution in [2.45, 2.75) is 30.2 Å². The van der Waals surface area contributed by atoms with Crippen LogP contribution < -0.4 is 4.18 Å². The third kappa shape index (κ3) is 3.91. The first-order chi connectivity index (χ1) is 13.4. The maximum Gasteiger partial charge on any atom is 0.460 e. The minimum atomic E-state index is -7.37. The van der Waals surface area contributed by atoms with E-state index in [-0.39, 0.29) is 11.4 Å². The first-order valence-corrected chi connectivity index (χ1v) is 9.03. The van der Waals surface area contributed by atoms with Gasteiger partial charge in [-0.1, -0.05) is 30.3 Å². The van der Waals surface area contributed by atoms with Crippen LogP contribution in [0.15, 0.2) is 42.5 Å². The second-order valence-electron chi connectivity index (χ2n) is 5.90. The van der Waals surface area contributed by atoms with E-state index in [1.54, 1.807) is 6.07 Å². The Labute approximate surface area is 163 Å². The standard InChI is InChI=1S/C16H10F9NO3S/c1-9-7-11(8-12(26-9)10-5-3-2-4-6-10)29-30(27,28)16(24,25)14(19,20)13(17,18)15(21,22)23/h2-8H,1H3. The molecule has 0 unspecified atom stereocenters. The molecule has 0 amide bonds. The summed E-state index contributed by atoms with van der Waals surface area (Å²) in [5.74, 6) is -15.8. The topological polar surface area (TPSA) is 56.3 Å². The molecule has 2 aromatic rings. The van der Waals surface area contributed by atoms with Crippen LogP contribution in [-0.2, 0) is 10.1 Å². The molecule has 0 atom stereocenters. The van der Waals surface area contributed by atoms with E-state index in [1.807, 2.05) is 0 Å². The Morgan fingerprint density at radius 2 is 1.37 bits per heavy atom. The van der Waals surface area contributed by atoms with Crippen molar-refractivity contribution >= 4 is 10.1 Å². The molecule has 1 aromatic heterocycles. The lowest BCUT2D eigenvalue weighted by molar-refractivity contribution is -0.382. The fourth-order valence-electron chi connectivity index (χ4n) is 2.14. The number of halogens is 9. The molecule has 0 N–H and O–H groups in total. The van der Waals surface area contributed by atoms with Crippen LogP contribution in [0.1, 0.15) is 5.69 Å². The molecule has 0 aliphatic carbocycles. The Balaban J connectivity index is 2.49. The minimum Gasteiger partial charge on any atom is -0.378 e. The molecule has 0 fully saturated rings. The summed E-state index contributed by atoms with van der Waals surface area (Å²) in [6.45, 7) is 1.23. The SMILES string of the molecule is Cc1cc(OS(=O)(=O)C(F)(F)C(F)(F)C(F)(F)C(F)(F)F)cc(-c2ccccc2)n1. The fourth-order valence-corrected chi connectivity index (χ4v) is 3.03. The van der Waals surface area contributed by atoms with Crippen LogP contribution >= 0.6 is 0 Å². The highest BCUT2D eigenvalue weighted by molar-refractivity contribution is 7.88. The van der Waals surface area contributed by atoms with Gasteiger partial charge in [-0.05, 0) is 6.92 Å². The van der Waals surface area contributed by atoms with E-state index >= 15 is 0 Å². The summed E-state index contributed by atoms with van der Waals surface area (Å²) in [6, 6.07) is 8.91. The highest BCUT2D eigenvalue weighted by Crippen LogP contribution is 2.55. The Kier molecular flexibility index (Phi) is 5.80. The summed E-state index contributed by atoms with van der Waals surface area (Å²) in [7, 11) is -7.02. The summed E-state index contributed by atoms with van der Waals surface area (Å²) >= 11 is 0. The Bertz CT molecular complexity index is 1020. The molecule has 2 rings (SSSR count). The van der Waals surface area contributed by atoms with Gasteiger partial charge in [-0.3, -0.25) is 4.98 Å².